The van der Waals surface area contributed by atoms with Gasteiger partial charge in [0.25, 0.3) is 11.5 Å². The number of nitrogens with one attached hydrogen (secondary N) is 1. The van der Waals surface area contributed by atoms with Crippen molar-refractivity contribution in [1.29, 1.82) is 0 Å². The Labute approximate surface area is 213 Å². The normalized spacial score (nSPS) is 12.6. The van der Waals surface area contributed by atoms with Crippen LogP contribution in [0.3, 0.4) is 0 Å². The van der Waals surface area contributed by atoms with Gasteiger partial charge in [0, 0.05) is 10.9 Å². The number of hydrogen-bond donors (Lipinski definition) is 1. The first kappa shape index (κ1) is 22.4. The lowest BCUT2D eigenvalue weighted by Crippen LogP contribution is -2.21. The van der Waals surface area contributed by atoms with E-state index in [0.717, 1.165) is 16.8 Å². The summed E-state index contributed by atoms with van der Waals surface area (Å²) in [5.41, 5.74) is 3.06. The molecule has 6 rings (SSSR count). The van der Waals surface area contributed by atoms with Crippen LogP contribution in [0.5, 0.6) is 11.5 Å². The highest BCUT2D eigenvalue weighted by atomic mass is 32.1. The van der Waals surface area contributed by atoms with Crippen LogP contribution >= 0.6 is 22.7 Å². The summed E-state index contributed by atoms with van der Waals surface area (Å²) in [5, 5.41) is 5.69. The molecule has 0 bridgehead atoms. The Morgan fingerprint density at radius 2 is 1.92 bits per heavy atom. The van der Waals surface area contributed by atoms with E-state index in [2.05, 4.69) is 15.3 Å². The molecule has 0 fully saturated rings. The number of thiophene rings is 1. The van der Waals surface area contributed by atoms with E-state index in [1.165, 1.54) is 29.0 Å². The summed E-state index contributed by atoms with van der Waals surface area (Å²) in [6.07, 6.45) is 1.54. The number of amides is 1. The Morgan fingerprint density at radius 1 is 1.11 bits per heavy atom. The number of anilines is 1. The SMILES string of the molecule is Cc1c(C(=O)Nc2nc(-c3ccc4c(c3)OCCO4)cs2)sc2ncn(Cc3ccccc3)c(=O)c12. The lowest BCUT2D eigenvalue weighted by molar-refractivity contribution is 0.103. The highest BCUT2D eigenvalue weighted by Gasteiger charge is 2.21. The summed E-state index contributed by atoms with van der Waals surface area (Å²) in [6.45, 7) is 3.25. The van der Waals surface area contributed by atoms with Crippen LogP contribution in [0.4, 0.5) is 5.13 Å². The predicted octanol–water partition coefficient (Wildman–Crippen LogP) is 4.96. The van der Waals surface area contributed by atoms with Crippen LogP contribution in [0.1, 0.15) is 20.8 Å². The summed E-state index contributed by atoms with van der Waals surface area (Å²) in [7, 11) is 0. The molecule has 0 radical (unpaired) electrons. The van der Waals surface area contributed by atoms with Gasteiger partial charge in [0.2, 0.25) is 0 Å². The number of aryl methyl sites for hydroxylation is 1. The van der Waals surface area contributed by atoms with Crippen LogP contribution in [-0.2, 0) is 6.54 Å². The zero-order valence-corrected chi connectivity index (χ0v) is 20.8. The number of carbonyl (C=O) groups excluding carboxylic acids is 1. The highest BCUT2D eigenvalue weighted by Crippen LogP contribution is 2.35. The largest absolute Gasteiger partial charge is 0.486 e. The molecule has 1 aliphatic rings. The quantitative estimate of drug-likeness (QED) is 0.355. The molecule has 0 atom stereocenters. The number of hydrogen-bond acceptors (Lipinski definition) is 8. The van der Waals surface area contributed by atoms with Crippen LogP contribution in [0.15, 0.2) is 65.0 Å². The summed E-state index contributed by atoms with van der Waals surface area (Å²) >= 11 is 2.54. The number of thiazole rings is 1. The molecule has 2 aromatic carbocycles. The molecular formula is C26H20N4O4S2. The number of ether oxygens (including phenoxy) is 2. The van der Waals surface area contributed by atoms with Crippen LogP contribution < -0.4 is 20.3 Å². The van der Waals surface area contributed by atoms with Crippen molar-refractivity contribution in [3.63, 3.8) is 0 Å². The Balaban J connectivity index is 1.24. The lowest BCUT2D eigenvalue weighted by atomic mass is 10.1. The maximum absolute atomic E-state index is 13.2. The van der Waals surface area contributed by atoms with Gasteiger partial charge >= 0.3 is 0 Å². The fourth-order valence-corrected chi connectivity index (χ4v) is 5.84. The van der Waals surface area contributed by atoms with Crippen molar-refractivity contribution in [1.82, 2.24) is 14.5 Å². The minimum Gasteiger partial charge on any atom is -0.486 e. The maximum Gasteiger partial charge on any atom is 0.267 e. The van der Waals surface area contributed by atoms with Crippen LogP contribution in [0.2, 0.25) is 0 Å². The average molecular weight is 517 g/mol. The van der Waals surface area contributed by atoms with E-state index < -0.39 is 0 Å². The number of carbonyl (C=O) groups is 1. The average Bonchev–Trinajstić information content (AvgIpc) is 3.51. The van der Waals surface area contributed by atoms with E-state index in [1.54, 1.807) is 11.5 Å². The molecule has 1 aliphatic heterocycles. The molecular weight excluding hydrogens is 496 g/mol. The zero-order valence-electron chi connectivity index (χ0n) is 19.2. The van der Waals surface area contributed by atoms with Crippen molar-refractivity contribution < 1.29 is 14.3 Å². The minimum atomic E-state index is -0.312. The predicted molar refractivity (Wildman–Crippen MR) is 141 cm³/mol. The molecule has 0 saturated heterocycles. The molecule has 36 heavy (non-hydrogen) atoms. The van der Waals surface area contributed by atoms with Crippen LogP contribution in [-0.4, -0.2) is 33.7 Å². The van der Waals surface area contributed by atoms with E-state index in [0.29, 0.717) is 57.0 Å². The Bertz CT molecular complexity index is 1660. The second-order valence-electron chi connectivity index (χ2n) is 8.25. The molecule has 10 heteroatoms. The summed E-state index contributed by atoms with van der Waals surface area (Å²) in [6, 6.07) is 15.4. The van der Waals surface area contributed by atoms with Gasteiger partial charge in [-0.15, -0.1) is 22.7 Å². The van der Waals surface area contributed by atoms with Gasteiger partial charge in [-0.2, -0.15) is 0 Å². The van der Waals surface area contributed by atoms with Gasteiger partial charge < -0.3 is 9.47 Å². The molecule has 8 nitrogen and oxygen atoms in total. The first-order valence-corrected chi connectivity index (χ1v) is 13.0. The minimum absolute atomic E-state index is 0.160. The van der Waals surface area contributed by atoms with E-state index >= 15 is 0 Å². The molecule has 180 valence electrons. The van der Waals surface area contributed by atoms with Crippen LogP contribution in [0, 0.1) is 6.92 Å². The monoisotopic (exact) mass is 516 g/mol. The van der Waals surface area contributed by atoms with E-state index in [-0.39, 0.29) is 11.5 Å². The van der Waals surface area contributed by atoms with Crippen LogP contribution in [0.25, 0.3) is 21.5 Å². The number of aromatic nitrogens is 3. The van der Waals surface area contributed by atoms with Gasteiger partial charge in [-0.05, 0) is 36.2 Å². The second kappa shape index (κ2) is 9.21. The standard InChI is InChI=1S/C26H20N4O4S2/c1-15-21-24(27-14-30(25(21)32)12-16-5-3-2-4-6-16)36-22(15)23(31)29-26-28-18(13-35-26)17-7-8-19-20(11-17)34-10-9-33-19/h2-8,11,13-14H,9-10,12H2,1H3,(H,28,29,31). The third kappa shape index (κ3) is 4.14. The number of nitrogens with zero attached hydrogens (tertiary/aromatic N) is 3. The topological polar surface area (TPSA) is 95.3 Å². The number of benzene rings is 2. The first-order chi connectivity index (χ1) is 17.6. The van der Waals surface area contributed by atoms with Gasteiger partial charge in [-0.1, -0.05) is 30.3 Å². The first-order valence-electron chi connectivity index (χ1n) is 11.3. The van der Waals surface area contributed by atoms with Crippen molar-refractivity contribution in [2.75, 3.05) is 18.5 Å². The molecule has 1 amide bonds. The molecule has 0 aliphatic carbocycles. The molecule has 4 heterocycles. The fourth-order valence-electron chi connectivity index (χ4n) is 4.09. The Hall–Kier alpha value is -4.02. The molecule has 1 N–H and O–H groups in total. The van der Waals surface area contributed by atoms with Gasteiger partial charge in [0.1, 0.15) is 18.0 Å². The molecule has 3 aromatic heterocycles. The molecule has 0 saturated carbocycles. The molecule has 5 aromatic rings. The molecule has 0 spiro atoms. The van der Waals surface area contributed by atoms with Gasteiger partial charge in [0.15, 0.2) is 16.6 Å². The third-order valence-electron chi connectivity index (χ3n) is 5.88. The van der Waals surface area contributed by atoms with Crippen molar-refractivity contribution in [2.45, 2.75) is 13.5 Å². The van der Waals surface area contributed by atoms with Crippen molar-refractivity contribution in [2.24, 2.45) is 0 Å². The summed E-state index contributed by atoms with van der Waals surface area (Å²) in [4.78, 5) is 36.3. The Kier molecular flexibility index (Phi) is 5.74. The van der Waals surface area contributed by atoms with Crippen molar-refractivity contribution in [3.8, 4) is 22.8 Å². The molecule has 0 unspecified atom stereocenters. The summed E-state index contributed by atoms with van der Waals surface area (Å²) in [5.74, 6) is 1.08. The number of rotatable bonds is 5. The smallest absolute Gasteiger partial charge is 0.267 e. The maximum atomic E-state index is 13.2. The Morgan fingerprint density at radius 3 is 2.75 bits per heavy atom. The number of fused-ring (bicyclic) bond motifs is 2. The highest BCUT2D eigenvalue weighted by molar-refractivity contribution is 7.21. The summed E-state index contributed by atoms with van der Waals surface area (Å²) < 4.78 is 12.8. The van der Waals surface area contributed by atoms with E-state index in [9.17, 15) is 9.59 Å². The van der Waals surface area contributed by atoms with Gasteiger partial charge in [0.05, 0.1) is 28.8 Å². The third-order valence-corrected chi connectivity index (χ3v) is 7.84. The van der Waals surface area contributed by atoms with Gasteiger partial charge in [-0.3, -0.25) is 19.5 Å². The van der Waals surface area contributed by atoms with Gasteiger partial charge in [-0.25, -0.2) is 9.97 Å². The lowest BCUT2D eigenvalue weighted by Gasteiger charge is -2.18. The second-order valence-corrected chi connectivity index (χ2v) is 10.1. The van der Waals surface area contributed by atoms with E-state index in [4.69, 9.17) is 9.47 Å². The van der Waals surface area contributed by atoms with Crippen molar-refractivity contribution >= 4 is 43.9 Å². The van der Waals surface area contributed by atoms with Crippen molar-refractivity contribution in [3.05, 3.63) is 86.6 Å². The zero-order chi connectivity index (χ0) is 24.6. The fraction of sp³-hybridized carbons (Fsp3) is 0.154. The van der Waals surface area contributed by atoms with E-state index in [1.807, 2.05) is 53.9 Å².